The molecule has 2 aromatic rings. The van der Waals surface area contributed by atoms with Gasteiger partial charge in [0.2, 0.25) is 0 Å². The Hall–Kier alpha value is -3.12. The molecule has 0 amide bonds. The molecule has 2 heterocycles. The number of nitrogens with zero attached hydrogens (tertiary/aromatic N) is 1. The van der Waals surface area contributed by atoms with E-state index >= 15 is 0 Å². The zero-order valence-corrected chi connectivity index (χ0v) is 16.6. The first-order valence-electron chi connectivity index (χ1n) is 9.62. The van der Waals surface area contributed by atoms with Gasteiger partial charge in [-0.05, 0) is 25.0 Å². The summed E-state index contributed by atoms with van der Waals surface area (Å²) < 4.78 is 45.0. The van der Waals surface area contributed by atoms with Crippen LogP contribution in [0.5, 0.6) is 0 Å². The quantitative estimate of drug-likeness (QED) is 0.571. The van der Waals surface area contributed by atoms with Gasteiger partial charge in [0.25, 0.3) is 0 Å². The molecule has 1 aliphatic heterocycles. The van der Waals surface area contributed by atoms with Crippen molar-refractivity contribution < 1.29 is 52.1 Å². The van der Waals surface area contributed by atoms with E-state index in [1.807, 2.05) is 0 Å². The minimum absolute atomic E-state index is 0.185. The molecular formula is C20H20F3NO8. The van der Waals surface area contributed by atoms with Crippen molar-refractivity contribution in [1.29, 1.82) is 0 Å². The fourth-order valence-corrected chi connectivity index (χ4v) is 3.62. The zero-order chi connectivity index (χ0) is 23.7. The number of hydroxylamine groups is 2. The van der Waals surface area contributed by atoms with Gasteiger partial charge >= 0.3 is 24.1 Å². The van der Waals surface area contributed by atoms with E-state index in [9.17, 15) is 32.7 Å². The van der Waals surface area contributed by atoms with Gasteiger partial charge in [0.15, 0.2) is 5.60 Å². The van der Waals surface area contributed by atoms with Gasteiger partial charge in [-0.25, -0.2) is 4.79 Å². The van der Waals surface area contributed by atoms with Crippen molar-refractivity contribution in [3.63, 3.8) is 0 Å². The first-order valence-corrected chi connectivity index (χ1v) is 9.62. The summed E-state index contributed by atoms with van der Waals surface area (Å²) in [7, 11) is 0. The maximum atomic E-state index is 13.2. The highest BCUT2D eigenvalue weighted by atomic mass is 19.4. The zero-order valence-electron chi connectivity index (χ0n) is 16.6. The third-order valence-electron chi connectivity index (χ3n) is 5.23. The number of halogens is 3. The lowest BCUT2D eigenvalue weighted by Gasteiger charge is -2.30. The first-order chi connectivity index (χ1) is 14.9. The number of piperidine rings is 1. The molecule has 32 heavy (non-hydrogen) atoms. The minimum Gasteiger partial charge on any atom is -0.481 e. The molecule has 174 valence electrons. The van der Waals surface area contributed by atoms with Gasteiger partial charge in [-0.1, -0.05) is 12.1 Å². The maximum absolute atomic E-state index is 13.2. The number of para-hydroxylation sites is 1. The van der Waals surface area contributed by atoms with Gasteiger partial charge in [-0.2, -0.15) is 13.2 Å². The third-order valence-corrected chi connectivity index (χ3v) is 5.23. The topological polar surface area (TPSA) is 138 Å². The number of benzene rings is 1. The highest BCUT2D eigenvalue weighted by Gasteiger charge is 2.42. The van der Waals surface area contributed by atoms with E-state index in [0.717, 1.165) is 6.07 Å². The van der Waals surface area contributed by atoms with Crippen LogP contribution >= 0.6 is 0 Å². The van der Waals surface area contributed by atoms with Crippen LogP contribution in [0.15, 0.2) is 28.7 Å². The Morgan fingerprint density at radius 1 is 1.12 bits per heavy atom. The second-order valence-corrected chi connectivity index (χ2v) is 7.62. The summed E-state index contributed by atoms with van der Waals surface area (Å²) in [6.07, 6.45) is -6.02. The molecular weight excluding hydrogens is 439 g/mol. The molecule has 12 heteroatoms. The van der Waals surface area contributed by atoms with Gasteiger partial charge in [0.1, 0.15) is 11.3 Å². The number of rotatable bonds is 7. The number of carbonyl (C=O) groups excluding carboxylic acids is 1. The number of hydrogen-bond acceptors (Lipinski definition) is 7. The monoisotopic (exact) mass is 459 g/mol. The lowest BCUT2D eigenvalue weighted by Crippen LogP contribution is -2.44. The lowest BCUT2D eigenvalue weighted by atomic mass is 9.95. The molecule has 1 aliphatic rings. The van der Waals surface area contributed by atoms with Gasteiger partial charge in [-0.15, -0.1) is 5.06 Å². The number of furan rings is 1. The minimum atomic E-state index is -4.55. The molecule has 0 saturated carbocycles. The normalized spacial score (nSPS) is 17.8. The molecule has 1 unspecified atom stereocenters. The number of carboxylic acids is 2. The summed E-state index contributed by atoms with van der Waals surface area (Å²) in [6, 6.07) is 5.32. The summed E-state index contributed by atoms with van der Waals surface area (Å²) in [5.41, 5.74) is -3.90. The van der Waals surface area contributed by atoms with Crippen LogP contribution in [0.1, 0.15) is 42.9 Å². The molecule has 1 aromatic carbocycles. The molecule has 0 radical (unpaired) electrons. The van der Waals surface area contributed by atoms with Crippen molar-refractivity contribution in [2.75, 3.05) is 13.1 Å². The van der Waals surface area contributed by atoms with Gasteiger partial charge in [0.05, 0.1) is 18.4 Å². The van der Waals surface area contributed by atoms with Crippen LogP contribution in [0, 0.1) is 0 Å². The van der Waals surface area contributed by atoms with E-state index in [4.69, 9.17) is 19.5 Å². The maximum Gasteiger partial charge on any atom is 0.420 e. The van der Waals surface area contributed by atoms with Crippen LogP contribution in [0.3, 0.4) is 0 Å². The summed E-state index contributed by atoms with van der Waals surface area (Å²) in [6.45, 7) is 0.369. The highest BCUT2D eigenvalue weighted by Crippen LogP contribution is 2.39. The molecule has 9 nitrogen and oxygen atoms in total. The molecule has 1 aromatic heterocycles. The lowest BCUT2D eigenvalue weighted by molar-refractivity contribution is -0.203. The summed E-state index contributed by atoms with van der Waals surface area (Å²) in [5, 5.41) is 29.2. The van der Waals surface area contributed by atoms with Crippen LogP contribution < -0.4 is 0 Å². The van der Waals surface area contributed by atoms with E-state index < -0.39 is 48.1 Å². The van der Waals surface area contributed by atoms with E-state index in [2.05, 4.69) is 0 Å². The predicted octanol–water partition coefficient (Wildman–Crippen LogP) is 2.77. The molecule has 3 rings (SSSR count). The van der Waals surface area contributed by atoms with E-state index in [1.165, 1.54) is 17.2 Å². The van der Waals surface area contributed by atoms with Crippen LogP contribution in [0.4, 0.5) is 13.2 Å². The number of hydrogen-bond donors (Lipinski definition) is 3. The molecule has 0 aliphatic carbocycles. The first kappa shape index (κ1) is 23.5. The Bertz CT molecular complexity index is 1030. The van der Waals surface area contributed by atoms with Crippen LogP contribution in [0.25, 0.3) is 11.0 Å². The molecule has 0 spiro atoms. The SMILES string of the molecule is O=C(O)CC(O)(CC(=O)ON1CCC(c2cc3cccc(C(F)(F)F)c3o2)CC1)C(=O)O. The Morgan fingerprint density at radius 2 is 1.78 bits per heavy atom. The third kappa shape index (κ3) is 5.19. The fraction of sp³-hybridized carbons (Fsp3) is 0.450. The Labute approximate surface area is 178 Å². The predicted molar refractivity (Wildman–Crippen MR) is 100 cm³/mol. The average Bonchev–Trinajstić information content (AvgIpc) is 3.10. The van der Waals surface area contributed by atoms with Crippen molar-refractivity contribution in [2.45, 2.75) is 43.4 Å². The summed E-state index contributed by atoms with van der Waals surface area (Å²) in [5.74, 6) is -4.42. The van der Waals surface area contributed by atoms with Crippen molar-refractivity contribution in [3.05, 3.63) is 35.6 Å². The molecule has 3 N–H and O–H groups in total. The standard InChI is InChI=1S/C20H20F3NO8/c21-20(22,23)13-3-1-2-12-8-14(31-17(12)13)11-4-6-24(7-5-11)32-16(27)10-19(30,18(28)29)9-15(25)26/h1-3,8,11,30H,4-7,9-10H2,(H,25,26)(H,28,29). The second-order valence-electron chi connectivity index (χ2n) is 7.62. The van der Waals surface area contributed by atoms with Gasteiger partial charge in [0, 0.05) is 24.4 Å². The number of aliphatic hydroxyl groups is 1. The second kappa shape index (κ2) is 8.79. The van der Waals surface area contributed by atoms with Crippen molar-refractivity contribution in [3.8, 4) is 0 Å². The number of carboxylic acid groups (broad SMARTS) is 2. The van der Waals surface area contributed by atoms with Crippen molar-refractivity contribution >= 4 is 28.9 Å². The van der Waals surface area contributed by atoms with Crippen LogP contribution in [-0.2, 0) is 25.4 Å². The van der Waals surface area contributed by atoms with Crippen LogP contribution in [0.2, 0.25) is 0 Å². The van der Waals surface area contributed by atoms with E-state index in [1.54, 1.807) is 6.07 Å². The average molecular weight is 459 g/mol. The number of aliphatic carboxylic acids is 2. The Kier molecular flexibility index (Phi) is 6.46. The number of alkyl halides is 3. The summed E-state index contributed by atoms with van der Waals surface area (Å²) >= 11 is 0. The van der Waals surface area contributed by atoms with E-state index in [-0.39, 0.29) is 24.6 Å². The van der Waals surface area contributed by atoms with Crippen molar-refractivity contribution in [2.24, 2.45) is 0 Å². The van der Waals surface area contributed by atoms with Crippen molar-refractivity contribution in [1.82, 2.24) is 5.06 Å². The highest BCUT2D eigenvalue weighted by molar-refractivity contribution is 5.88. The smallest absolute Gasteiger partial charge is 0.420 e. The molecule has 1 saturated heterocycles. The van der Waals surface area contributed by atoms with Gasteiger partial charge < -0.3 is 24.6 Å². The number of carbonyl (C=O) groups is 3. The fourth-order valence-electron chi connectivity index (χ4n) is 3.62. The van der Waals surface area contributed by atoms with E-state index in [0.29, 0.717) is 24.0 Å². The Balaban J connectivity index is 1.61. The summed E-state index contributed by atoms with van der Waals surface area (Å²) in [4.78, 5) is 38.9. The molecule has 0 bridgehead atoms. The Morgan fingerprint density at radius 3 is 2.34 bits per heavy atom. The van der Waals surface area contributed by atoms with Gasteiger partial charge in [-0.3, -0.25) is 9.59 Å². The van der Waals surface area contributed by atoms with Crippen LogP contribution in [-0.4, -0.2) is 57.0 Å². The number of fused-ring (bicyclic) bond motifs is 1. The molecule has 1 fully saturated rings. The molecule has 1 atom stereocenters. The largest absolute Gasteiger partial charge is 0.481 e.